The van der Waals surface area contributed by atoms with Crippen molar-refractivity contribution < 1.29 is 9.26 Å². The highest BCUT2D eigenvalue weighted by Gasteiger charge is 2.29. The largest absolute Gasteiger partial charge is 0.496 e. The lowest BCUT2D eigenvalue weighted by Crippen LogP contribution is -2.21. The van der Waals surface area contributed by atoms with E-state index in [1.54, 1.807) is 7.11 Å². The second-order valence-electron chi connectivity index (χ2n) is 5.30. The highest BCUT2D eigenvalue weighted by molar-refractivity contribution is 5.64. The van der Waals surface area contributed by atoms with E-state index in [9.17, 15) is 0 Å². The standard InChI is InChI=1S/C15H19N3O2/c1-9-4-5-12(13(8-9)19-3)14-17-15(20-18-14)11-6-7-16-10(11)2/h4-5,8,10-11,16H,6-7H2,1-3H3. The zero-order valence-corrected chi connectivity index (χ0v) is 12.0. The van der Waals surface area contributed by atoms with Crippen LogP contribution in [0.1, 0.15) is 30.7 Å². The molecule has 2 heterocycles. The predicted octanol–water partition coefficient (Wildman–Crippen LogP) is 2.52. The molecule has 2 atom stereocenters. The molecule has 106 valence electrons. The topological polar surface area (TPSA) is 60.2 Å². The number of aromatic nitrogens is 2. The molecule has 1 fully saturated rings. The van der Waals surface area contributed by atoms with Crippen molar-refractivity contribution in [1.29, 1.82) is 0 Å². The minimum atomic E-state index is 0.299. The zero-order valence-electron chi connectivity index (χ0n) is 12.0. The van der Waals surface area contributed by atoms with Crippen LogP contribution < -0.4 is 10.1 Å². The summed E-state index contributed by atoms with van der Waals surface area (Å²) in [6.45, 7) is 5.17. The van der Waals surface area contributed by atoms with Crippen LogP contribution in [0.15, 0.2) is 22.7 Å². The summed E-state index contributed by atoms with van der Waals surface area (Å²) in [6, 6.07) is 6.35. The van der Waals surface area contributed by atoms with Crippen molar-refractivity contribution in [1.82, 2.24) is 15.5 Å². The molecule has 2 unspecified atom stereocenters. The van der Waals surface area contributed by atoms with Gasteiger partial charge in [0.05, 0.1) is 18.6 Å². The second kappa shape index (κ2) is 5.25. The first kappa shape index (κ1) is 13.1. The van der Waals surface area contributed by atoms with E-state index in [4.69, 9.17) is 9.26 Å². The molecule has 1 saturated heterocycles. The molecule has 3 rings (SSSR count). The van der Waals surface area contributed by atoms with E-state index in [0.29, 0.717) is 23.7 Å². The molecule has 1 N–H and O–H groups in total. The highest BCUT2D eigenvalue weighted by atomic mass is 16.5. The lowest BCUT2D eigenvalue weighted by atomic mass is 10.0. The summed E-state index contributed by atoms with van der Waals surface area (Å²) in [4.78, 5) is 4.55. The average molecular weight is 273 g/mol. The predicted molar refractivity (Wildman–Crippen MR) is 75.8 cm³/mol. The fourth-order valence-corrected chi connectivity index (χ4v) is 2.67. The maximum absolute atomic E-state index is 5.45. The van der Waals surface area contributed by atoms with Crippen molar-refractivity contribution in [2.45, 2.75) is 32.2 Å². The van der Waals surface area contributed by atoms with Crippen LogP contribution in [-0.2, 0) is 0 Å². The lowest BCUT2D eigenvalue weighted by molar-refractivity contribution is 0.345. The SMILES string of the molecule is COc1cc(C)ccc1-c1noc(C2CCNC2C)n1. The van der Waals surface area contributed by atoms with Crippen molar-refractivity contribution in [3.8, 4) is 17.1 Å². The van der Waals surface area contributed by atoms with E-state index in [2.05, 4.69) is 22.4 Å². The van der Waals surface area contributed by atoms with Gasteiger partial charge in [0, 0.05) is 6.04 Å². The maximum atomic E-state index is 5.45. The second-order valence-corrected chi connectivity index (χ2v) is 5.30. The van der Waals surface area contributed by atoms with Crippen LogP contribution in [0.25, 0.3) is 11.4 Å². The number of aryl methyl sites for hydroxylation is 1. The molecule has 20 heavy (non-hydrogen) atoms. The molecule has 5 nitrogen and oxygen atoms in total. The fourth-order valence-electron chi connectivity index (χ4n) is 2.67. The molecule has 2 aromatic rings. The normalized spacial score (nSPS) is 22.1. The molecule has 0 amide bonds. The van der Waals surface area contributed by atoms with Gasteiger partial charge in [-0.25, -0.2) is 0 Å². The van der Waals surface area contributed by atoms with E-state index in [1.807, 2.05) is 25.1 Å². The summed E-state index contributed by atoms with van der Waals surface area (Å²) in [5.41, 5.74) is 2.01. The molecule has 5 heteroatoms. The van der Waals surface area contributed by atoms with E-state index in [1.165, 1.54) is 0 Å². The van der Waals surface area contributed by atoms with E-state index in [0.717, 1.165) is 29.8 Å². The van der Waals surface area contributed by atoms with Gasteiger partial charge in [0.1, 0.15) is 5.75 Å². The monoisotopic (exact) mass is 273 g/mol. The molecule has 1 aliphatic heterocycles. The number of methoxy groups -OCH3 is 1. The van der Waals surface area contributed by atoms with Gasteiger partial charge in [-0.2, -0.15) is 4.98 Å². The smallest absolute Gasteiger partial charge is 0.231 e. The molecule has 0 bridgehead atoms. The summed E-state index contributed by atoms with van der Waals surface area (Å²) in [7, 11) is 1.65. The summed E-state index contributed by atoms with van der Waals surface area (Å²) < 4.78 is 10.8. The number of nitrogens with one attached hydrogen (secondary N) is 1. The lowest BCUT2D eigenvalue weighted by Gasteiger charge is -2.09. The van der Waals surface area contributed by atoms with Gasteiger partial charge in [-0.05, 0) is 44.5 Å². The third kappa shape index (κ3) is 2.29. The Labute approximate surface area is 118 Å². The van der Waals surface area contributed by atoms with Crippen LogP contribution in [0, 0.1) is 6.92 Å². The quantitative estimate of drug-likeness (QED) is 0.931. The Bertz CT molecular complexity index is 609. The first-order valence-electron chi connectivity index (χ1n) is 6.91. The van der Waals surface area contributed by atoms with Crippen LogP contribution in [0.4, 0.5) is 0 Å². The molecule has 1 aromatic carbocycles. The first-order chi connectivity index (χ1) is 9.69. The van der Waals surface area contributed by atoms with Crippen molar-refractivity contribution in [2.24, 2.45) is 0 Å². The Kier molecular flexibility index (Phi) is 3.44. The number of benzene rings is 1. The Morgan fingerprint density at radius 3 is 2.95 bits per heavy atom. The molecule has 0 saturated carbocycles. The Morgan fingerprint density at radius 2 is 2.25 bits per heavy atom. The van der Waals surface area contributed by atoms with E-state index in [-0.39, 0.29) is 0 Å². The van der Waals surface area contributed by atoms with Gasteiger partial charge in [0.2, 0.25) is 11.7 Å². The third-order valence-corrected chi connectivity index (χ3v) is 3.88. The molecule has 1 aliphatic rings. The van der Waals surface area contributed by atoms with Gasteiger partial charge in [-0.15, -0.1) is 0 Å². The number of hydrogen-bond acceptors (Lipinski definition) is 5. The number of rotatable bonds is 3. The highest BCUT2D eigenvalue weighted by Crippen LogP contribution is 2.32. The maximum Gasteiger partial charge on any atom is 0.231 e. The van der Waals surface area contributed by atoms with Gasteiger partial charge in [-0.1, -0.05) is 11.2 Å². The molecule has 0 aliphatic carbocycles. The van der Waals surface area contributed by atoms with Crippen LogP contribution >= 0.6 is 0 Å². The summed E-state index contributed by atoms with van der Waals surface area (Å²) in [6.07, 6.45) is 1.04. The molecule has 0 radical (unpaired) electrons. The van der Waals surface area contributed by atoms with Gasteiger partial charge in [-0.3, -0.25) is 0 Å². The van der Waals surface area contributed by atoms with Gasteiger partial charge < -0.3 is 14.6 Å². The molecular formula is C15H19N3O2. The Morgan fingerprint density at radius 1 is 1.40 bits per heavy atom. The first-order valence-corrected chi connectivity index (χ1v) is 6.91. The fraction of sp³-hybridized carbons (Fsp3) is 0.467. The van der Waals surface area contributed by atoms with Crippen molar-refractivity contribution in [3.63, 3.8) is 0 Å². The van der Waals surface area contributed by atoms with Gasteiger partial charge in [0.15, 0.2) is 0 Å². The van der Waals surface area contributed by atoms with Crippen LogP contribution in [0.3, 0.4) is 0 Å². The summed E-state index contributed by atoms with van der Waals surface area (Å²) >= 11 is 0. The van der Waals surface area contributed by atoms with E-state index < -0.39 is 0 Å². The van der Waals surface area contributed by atoms with Crippen LogP contribution in [0.2, 0.25) is 0 Å². The Hall–Kier alpha value is -1.88. The zero-order chi connectivity index (χ0) is 14.1. The molecule has 1 aromatic heterocycles. The van der Waals surface area contributed by atoms with Gasteiger partial charge >= 0.3 is 0 Å². The average Bonchev–Trinajstić information content (AvgIpc) is 3.07. The summed E-state index contributed by atoms with van der Waals surface area (Å²) in [5.74, 6) is 2.37. The van der Waals surface area contributed by atoms with Crippen molar-refractivity contribution in [2.75, 3.05) is 13.7 Å². The number of hydrogen-bond donors (Lipinski definition) is 1. The number of nitrogens with zero attached hydrogens (tertiary/aromatic N) is 2. The van der Waals surface area contributed by atoms with Crippen molar-refractivity contribution >= 4 is 0 Å². The minimum absolute atomic E-state index is 0.299. The minimum Gasteiger partial charge on any atom is -0.496 e. The molecule has 0 spiro atoms. The summed E-state index contributed by atoms with van der Waals surface area (Å²) in [5, 5.41) is 7.50. The number of ether oxygens (including phenoxy) is 1. The third-order valence-electron chi connectivity index (χ3n) is 3.88. The Balaban J connectivity index is 1.94. The van der Waals surface area contributed by atoms with Crippen LogP contribution in [0.5, 0.6) is 5.75 Å². The van der Waals surface area contributed by atoms with E-state index >= 15 is 0 Å². The van der Waals surface area contributed by atoms with Gasteiger partial charge in [0.25, 0.3) is 0 Å². The van der Waals surface area contributed by atoms with Crippen LogP contribution in [-0.4, -0.2) is 29.8 Å². The molecular weight excluding hydrogens is 254 g/mol. The van der Waals surface area contributed by atoms with Crippen molar-refractivity contribution in [3.05, 3.63) is 29.7 Å².